The Morgan fingerprint density at radius 1 is 0.420 bits per heavy atom. The van der Waals surface area contributed by atoms with Crippen LogP contribution in [-0.2, 0) is 42.9 Å². The molecule has 0 radical (unpaired) electrons. The molecule has 0 spiro atoms. The predicted octanol–water partition coefficient (Wildman–Crippen LogP) is 17.5. The maximum absolute atomic E-state index is 13.2. The molecular weight excluding hydrogens is 1020 g/mol. The highest BCUT2D eigenvalue weighted by molar-refractivity contribution is 5.74. The number of hydrogen-bond donors (Lipinski definition) is 3. The van der Waals surface area contributed by atoms with E-state index in [1.807, 2.05) is 0 Å². The maximum Gasteiger partial charge on any atom is 0.335 e. The van der Waals surface area contributed by atoms with Crippen LogP contribution in [0.5, 0.6) is 0 Å². The summed E-state index contributed by atoms with van der Waals surface area (Å²) in [6.45, 7) is 5.84. The van der Waals surface area contributed by atoms with Crippen molar-refractivity contribution >= 4 is 23.9 Å². The van der Waals surface area contributed by atoms with Gasteiger partial charge in [-0.1, -0.05) is 228 Å². The number of esters is 3. The highest BCUT2D eigenvalue weighted by Crippen LogP contribution is 2.26. The van der Waals surface area contributed by atoms with Gasteiger partial charge in [-0.3, -0.25) is 14.4 Å². The standard InChI is InChI=1S/C69H116O12/c1-4-7-10-13-16-19-22-25-28-30-31-33-35-37-40-43-46-49-52-55-61(70)77-58-60(79-62(71)56-53-50-47-44-41-38-34-27-24-21-18-15-12-9-6-3)59-78-69-67(65(74)64(73)66(81-69)68(75)76)80-63(72)57-54-51-48-45-42-39-36-32-29-26-23-20-17-14-11-8-5-2/h9,12,17-18,20-21,25-29,34,41,44,60,64-67,69,73-74H,4-8,10-11,13-16,19,22-24,30-33,35-40,42-43,45-59H2,1-3H3,(H,75,76)/b12-9-,20-17-,21-18-,28-25-,29-26-,34-27-,44-41-. The van der Waals surface area contributed by atoms with Crippen LogP contribution >= 0.6 is 0 Å². The average molecular weight is 1140 g/mol. The van der Waals surface area contributed by atoms with E-state index in [2.05, 4.69) is 106 Å². The number of carboxylic acid groups (broad SMARTS) is 1. The van der Waals surface area contributed by atoms with Gasteiger partial charge in [0.15, 0.2) is 24.6 Å². The summed E-state index contributed by atoms with van der Waals surface area (Å²) in [5.74, 6) is -3.18. The van der Waals surface area contributed by atoms with Gasteiger partial charge >= 0.3 is 23.9 Å². The predicted molar refractivity (Wildman–Crippen MR) is 331 cm³/mol. The molecule has 1 heterocycles. The van der Waals surface area contributed by atoms with Crippen LogP contribution in [0, 0.1) is 0 Å². The van der Waals surface area contributed by atoms with E-state index in [0.717, 1.165) is 116 Å². The topological polar surface area (TPSA) is 175 Å². The first kappa shape index (κ1) is 74.9. The van der Waals surface area contributed by atoms with Gasteiger partial charge in [-0.15, -0.1) is 0 Å². The van der Waals surface area contributed by atoms with Gasteiger partial charge in [-0.25, -0.2) is 4.79 Å². The van der Waals surface area contributed by atoms with E-state index < -0.39 is 67.3 Å². The minimum atomic E-state index is -1.92. The third kappa shape index (κ3) is 46.0. The normalized spacial score (nSPS) is 18.3. The molecular formula is C69H116O12. The Hall–Kier alpha value is -4.10. The third-order valence-corrected chi connectivity index (χ3v) is 14.4. The van der Waals surface area contributed by atoms with Crippen molar-refractivity contribution in [3.8, 4) is 0 Å². The summed E-state index contributed by atoms with van der Waals surface area (Å²) in [5, 5.41) is 31.6. The quantitative estimate of drug-likeness (QED) is 0.0228. The number of rotatable bonds is 55. The lowest BCUT2D eigenvalue weighted by Gasteiger charge is -2.40. The zero-order valence-electron chi connectivity index (χ0n) is 51.3. The van der Waals surface area contributed by atoms with E-state index in [1.165, 1.54) is 103 Å². The van der Waals surface area contributed by atoms with Gasteiger partial charge in [0.1, 0.15) is 18.8 Å². The lowest BCUT2D eigenvalue weighted by atomic mass is 9.98. The lowest BCUT2D eigenvalue weighted by Crippen LogP contribution is -2.61. The second-order valence-corrected chi connectivity index (χ2v) is 22.0. The van der Waals surface area contributed by atoms with E-state index in [1.54, 1.807) is 0 Å². The lowest BCUT2D eigenvalue weighted by molar-refractivity contribution is -0.301. The van der Waals surface area contributed by atoms with Crippen molar-refractivity contribution < 1.29 is 58.2 Å². The molecule has 12 heteroatoms. The SMILES string of the molecule is CC/C=C\C/C=C\C/C=C\C/C=C\CCCCC(=O)OC(COC(=O)CCCCCCCCCCC/C=C\CCCCCCCC)COC1OC(C(=O)O)C(O)C(O)C1OC(=O)CCCCCCCCC/C=C\C/C=C\CCCCC. The minimum Gasteiger partial charge on any atom is -0.479 e. The Bertz CT molecular complexity index is 1730. The number of ether oxygens (including phenoxy) is 5. The van der Waals surface area contributed by atoms with Crippen molar-refractivity contribution in [1.82, 2.24) is 0 Å². The van der Waals surface area contributed by atoms with Crippen LogP contribution in [0.2, 0.25) is 0 Å². The average Bonchev–Trinajstić information content (AvgIpc) is 3.53. The van der Waals surface area contributed by atoms with E-state index >= 15 is 0 Å². The number of aliphatic hydroxyl groups is 2. The summed E-state index contributed by atoms with van der Waals surface area (Å²) in [5.41, 5.74) is 0. The summed E-state index contributed by atoms with van der Waals surface area (Å²) >= 11 is 0. The van der Waals surface area contributed by atoms with Gasteiger partial charge in [0.25, 0.3) is 0 Å². The van der Waals surface area contributed by atoms with Crippen molar-refractivity contribution in [2.75, 3.05) is 13.2 Å². The van der Waals surface area contributed by atoms with E-state index in [0.29, 0.717) is 19.3 Å². The maximum atomic E-state index is 13.2. The van der Waals surface area contributed by atoms with Gasteiger partial charge in [-0.05, 0) is 116 Å². The van der Waals surface area contributed by atoms with E-state index in [9.17, 15) is 34.5 Å². The second kappa shape index (κ2) is 56.4. The third-order valence-electron chi connectivity index (χ3n) is 14.4. The van der Waals surface area contributed by atoms with Crippen molar-refractivity contribution in [3.63, 3.8) is 0 Å². The van der Waals surface area contributed by atoms with E-state index in [-0.39, 0.29) is 25.9 Å². The first-order chi connectivity index (χ1) is 39.6. The van der Waals surface area contributed by atoms with Gasteiger partial charge in [0.2, 0.25) is 0 Å². The summed E-state index contributed by atoms with van der Waals surface area (Å²) in [4.78, 5) is 51.3. The number of allylic oxidation sites excluding steroid dienone is 14. The number of unbranched alkanes of at least 4 members (excludes halogenated alkanes) is 27. The second-order valence-electron chi connectivity index (χ2n) is 22.0. The Morgan fingerprint density at radius 2 is 0.778 bits per heavy atom. The van der Waals surface area contributed by atoms with Crippen molar-refractivity contribution in [2.24, 2.45) is 0 Å². The Labute approximate surface area is 492 Å². The Kier molecular flexibility index (Phi) is 52.1. The number of carbonyl (C=O) groups is 4. The molecule has 0 amide bonds. The number of carboxylic acids is 1. The van der Waals surface area contributed by atoms with Gasteiger partial charge < -0.3 is 39.0 Å². The monoisotopic (exact) mass is 1140 g/mol. The molecule has 3 N–H and O–H groups in total. The molecule has 1 rings (SSSR count). The summed E-state index contributed by atoms with van der Waals surface area (Å²) in [6.07, 6.45) is 61.1. The Balaban J connectivity index is 2.68. The molecule has 0 aromatic heterocycles. The van der Waals surface area contributed by atoms with Crippen LogP contribution in [0.3, 0.4) is 0 Å². The molecule has 12 nitrogen and oxygen atoms in total. The number of aliphatic carboxylic acids is 1. The summed E-state index contributed by atoms with van der Waals surface area (Å²) in [7, 11) is 0. The highest BCUT2D eigenvalue weighted by Gasteiger charge is 2.50. The van der Waals surface area contributed by atoms with Crippen LogP contribution in [0.1, 0.15) is 278 Å². The molecule has 1 fully saturated rings. The molecule has 1 aliphatic heterocycles. The van der Waals surface area contributed by atoms with Crippen LogP contribution < -0.4 is 0 Å². The zero-order valence-corrected chi connectivity index (χ0v) is 51.3. The molecule has 0 aromatic carbocycles. The number of hydrogen-bond acceptors (Lipinski definition) is 11. The molecule has 0 aliphatic carbocycles. The molecule has 1 aliphatic rings. The summed E-state index contributed by atoms with van der Waals surface area (Å²) in [6, 6.07) is 0. The summed E-state index contributed by atoms with van der Waals surface area (Å²) < 4.78 is 28.5. The fourth-order valence-electron chi connectivity index (χ4n) is 9.44. The minimum absolute atomic E-state index is 0.0440. The first-order valence-corrected chi connectivity index (χ1v) is 32.6. The molecule has 0 aromatic rings. The van der Waals surface area contributed by atoms with Crippen molar-refractivity contribution in [1.29, 1.82) is 0 Å². The zero-order chi connectivity index (χ0) is 58.9. The van der Waals surface area contributed by atoms with Crippen LogP contribution in [0.4, 0.5) is 0 Å². The highest BCUT2D eigenvalue weighted by atomic mass is 16.7. The smallest absolute Gasteiger partial charge is 0.335 e. The van der Waals surface area contributed by atoms with E-state index in [4.69, 9.17) is 23.7 Å². The number of aliphatic hydroxyl groups excluding tert-OH is 2. The van der Waals surface area contributed by atoms with Gasteiger partial charge in [0.05, 0.1) is 6.61 Å². The van der Waals surface area contributed by atoms with Gasteiger partial charge in [0, 0.05) is 19.3 Å². The Morgan fingerprint density at radius 3 is 1.25 bits per heavy atom. The fraction of sp³-hybridized carbons (Fsp3) is 0.739. The first-order valence-electron chi connectivity index (χ1n) is 32.6. The number of carbonyl (C=O) groups excluding carboxylic acids is 3. The van der Waals surface area contributed by atoms with Crippen LogP contribution in [0.15, 0.2) is 85.1 Å². The van der Waals surface area contributed by atoms with Crippen LogP contribution in [0.25, 0.3) is 0 Å². The molecule has 1 saturated heterocycles. The largest absolute Gasteiger partial charge is 0.479 e. The molecule has 6 unspecified atom stereocenters. The molecule has 81 heavy (non-hydrogen) atoms. The fourth-order valence-corrected chi connectivity index (χ4v) is 9.44. The van der Waals surface area contributed by atoms with Crippen molar-refractivity contribution in [2.45, 2.75) is 314 Å². The molecule has 0 bridgehead atoms. The van der Waals surface area contributed by atoms with Gasteiger partial charge in [-0.2, -0.15) is 0 Å². The molecule has 464 valence electrons. The molecule has 0 saturated carbocycles. The van der Waals surface area contributed by atoms with Crippen LogP contribution in [-0.4, -0.2) is 89.2 Å². The van der Waals surface area contributed by atoms with Crippen molar-refractivity contribution in [3.05, 3.63) is 85.1 Å². The molecule has 6 atom stereocenters.